The predicted molar refractivity (Wildman–Crippen MR) is 80.6 cm³/mol. The molecular weight excluding hydrogens is 254 g/mol. The maximum absolute atomic E-state index is 12.3. The number of anilines is 1. The fourth-order valence-electron chi connectivity index (χ4n) is 2.13. The van der Waals surface area contributed by atoms with Gasteiger partial charge >= 0.3 is 0 Å². The van der Waals surface area contributed by atoms with Crippen molar-refractivity contribution in [3.8, 4) is 0 Å². The number of carbonyl (C=O) groups excluding carboxylic acids is 1. The summed E-state index contributed by atoms with van der Waals surface area (Å²) in [4.78, 5) is 14.1. The van der Waals surface area contributed by atoms with Gasteiger partial charge in [-0.2, -0.15) is 0 Å². The van der Waals surface area contributed by atoms with Crippen molar-refractivity contribution < 1.29 is 4.79 Å². The molecule has 1 heterocycles. The van der Waals surface area contributed by atoms with E-state index in [0.717, 1.165) is 26.6 Å². The standard InChI is InChI=1S/C16H13NOS/c1-17-13-8-4-2-6-11(13)10-15-16(18)12-7-3-5-9-14(12)19-15/h2-10,17H,1H3. The third kappa shape index (κ3) is 2.17. The summed E-state index contributed by atoms with van der Waals surface area (Å²) in [6, 6.07) is 15.7. The third-order valence-corrected chi connectivity index (χ3v) is 4.19. The van der Waals surface area contributed by atoms with Gasteiger partial charge in [0.1, 0.15) is 0 Å². The van der Waals surface area contributed by atoms with Crippen molar-refractivity contribution in [3.05, 3.63) is 64.6 Å². The number of benzene rings is 2. The van der Waals surface area contributed by atoms with Gasteiger partial charge in [-0.05, 0) is 29.8 Å². The number of Topliss-reactive ketones (excluding diaryl/α,β-unsaturated/α-hetero) is 1. The van der Waals surface area contributed by atoms with Crippen molar-refractivity contribution in [2.24, 2.45) is 0 Å². The molecule has 1 aliphatic heterocycles. The van der Waals surface area contributed by atoms with Crippen LogP contribution in [-0.4, -0.2) is 12.8 Å². The van der Waals surface area contributed by atoms with Crippen molar-refractivity contribution in [1.82, 2.24) is 0 Å². The van der Waals surface area contributed by atoms with E-state index in [1.54, 1.807) is 11.8 Å². The van der Waals surface area contributed by atoms with Crippen molar-refractivity contribution >= 4 is 29.3 Å². The number of carbonyl (C=O) groups is 1. The molecule has 19 heavy (non-hydrogen) atoms. The highest BCUT2D eigenvalue weighted by molar-refractivity contribution is 8.04. The molecule has 0 fully saturated rings. The summed E-state index contributed by atoms with van der Waals surface area (Å²) in [5, 5.41) is 3.14. The molecule has 2 aromatic carbocycles. The van der Waals surface area contributed by atoms with Gasteiger partial charge in [0.25, 0.3) is 0 Å². The molecule has 0 amide bonds. The van der Waals surface area contributed by atoms with Crippen LogP contribution >= 0.6 is 11.8 Å². The summed E-state index contributed by atoms with van der Waals surface area (Å²) >= 11 is 1.54. The van der Waals surface area contributed by atoms with Crippen LogP contribution in [0.3, 0.4) is 0 Å². The van der Waals surface area contributed by atoms with E-state index in [-0.39, 0.29) is 5.78 Å². The summed E-state index contributed by atoms with van der Waals surface area (Å²) in [5.74, 6) is 0.117. The highest BCUT2D eigenvalue weighted by atomic mass is 32.2. The maximum atomic E-state index is 12.3. The second kappa shape index (κ2) is 4.94. The van der Waals surface area contributed by atoms with E-state index in [1.165, 1.54) is 0 Å². The SMILES string of the molecule is CNc1ccccc1C=C1Sc2ccccc2C1=O. The quantitative estimate of drug-likeness (QED) is 0.832. The number of hydrogen-bond acceptors (Lipinski definition) is 3. The number of para-hydroxylation sites is 1. The van der Waals surface area contributed by atoms with E-state index in [4.69, 9.17) is 0 Å². The first-order valence-electron chi connectivity index (χ1n) is 6.09. The van der Waals surface area contributed by atoms with Crippen LogP contribution in [0.4, 0.5) is 5.69 Å². The molecule has 1 N–H and O–H groups in total. The average molecular weight is 267 g/mol. The molecule has 1 aliphatic rings. The number of hydrogen-bond donors (Lipinski definition) is 1. The Balaban J connectivity index is 2.01. The molecule has 2 nitrogen and oxygen atoms in total. The zero-order valence-electron chi connectivity index (χ0n) is 10.5. The topological polar surface area (TPSA) is 29.1 Å². The fourth-order valence-corrected chi connectivity index (χ4v) is 3.17. The van der Waals surface area contributed by atoms with E-state index < -0.39 is 0 Å². The zero-order chi connectivity index (χ0) is 13.2. The van der Waals surface area contributed by atoms with Crippen molar-refractivity contribution in [3.63, 3.8) is 0 Å². The number of fused-ring (bicyclic) bond motifs is 1. The van der Waals surface area contributed by atoms with Crippen LogP contribution in [0.1, 0.15) is 15.9 Å². The van der Waals surface area contributed by atoms with E-state index >= 15 is 0 Å². The summed E-state index contributed by atoms with van der Waals surface area (Å²) in [6.07, 6.45) is 1.96. The van der Waals surface area contributed by atoms with Gasteiger partial charge in [0.2, 0.25) is 5.78 Å². The number of rotatable bonds is 2. The maximum Gasteiger partial charge on any atom is 0.200 e. The van der Waals surface area contributed by atoms with Gasteiger partial charge in [-0.15, -0.1) is 0 Å². The lowest BCUT2D eigenvalue weighted by Gasteiger charge is -2.05. The minimum atomic E-state index is 0.117. The van der Waals surface area contributed by atoms with Crippen LogP contribution in [0.5, 0.6) is 0 Å². The first-order valence-corrected chi connectivity index (χ1v) is 6.91. The van der Waals surface area contributed by atoms with Crippen LogP contribution in [0.2, 0.25) is 0 Å². The second-order valence-corrected chi connectivity index (χ2v) is 5.36. The van der Waals surface area contributed by atoms with Gasteiger partial charge in [0.05, 0.1) is 4.91 Å². The van der Waals surface area contributed by atoms with Gasteiger partial charge < -0.3 is 5.32 Å². The Morgan fingerprint density at radius 3 is 2.58 bits per heavy atom. The number of thioether (sulfide) groups is 1. The Kier molecular flexibility index (Phi) is 3.13. The molecule has 3 rings (SSSR count). The normalized spacial score (nSPS) is 15.6. The minimum Gasteiger partial charge on any atom is -0.388 e. The highest BCUT2D eigenvalue weighted by Gasteiger charge is 2.25. The van der Waals surface area contributed by atoms with Crippen LogP contribution in [0.25, 0.3) is 6.08 Å². The van der Waals surface area contributed by atoms with E-state index in [0.29, 0.717) is 0 Å². The van der Waals surface area contributed by atoms with E-state index in [9.17, 15) is 4.79 Å². The monoisotopic (exact) mass is 267 g/mol. The molecule has 0 bridgehead atoms. The Hall–Kier alpha value is -2.00. The van der Waals surface area contributed by atoms with Gasteiger partial charge in [-0.3, -0.25) is 4.79 Å². The van der Waals surface area contributed by atoms with E-state index in [2.05, 4.69) is 5.32 Å². The Morgan fingerprint density at radius 1 is 1.05 bits per heavy atom. The van der Waals surface area contributed by atoms with Crippen LogP contribution in [-0.2, 0) is 0 Å². The molecule has 0 saturated heterocycles. The van der Waals surface area contributed by atoms with Crippen molar-refractivity contribution in [2.75, 3.05) is 12.4 Å². The highest BCUT2D eigenvalue weighted by Crippen LogP contribution is 2.41. The minimum absolute atomic E-state index is 0.117. The fraction of sp³-hybridized carbons (Fsp3) is 0.0625. The number of ketones is 1. The molecule has 94 valence electrons. The smallest absolute Gasteiger partial charge is 0.200 e. The van der Waals surface area contributed by atoms with Crippen molar-refractivity contribution in [2.45, 2.75) is 4.90 Å². The first-order chi connectivity index (χ1) is 9.29. The number of nitrogens with one attached hydrogen (secondary N) is 1. The molecule has 2 aromatic rings. The summed E-state index contributed by atoms with van der Waals surface area (Å²) in [6.45, 7) is 0. The molecule has 0 atom stereocenters. The summed E-state index contributed by atoms with van der Waals surface area (Å²) in [5.41, 5.74) is 2.87. The molecule has 0 aromatic heterocycles. The van der Waals surface area contributed by atoms with Crippen LogP contribution in [0.15, 0.2) is 58.3 Å². The van der Waals surface area contributed by atoms with Gasteiger partial charge in [-0.25, -0.2) is 0 Å². The van der Waals surface area contributed by atoms with Crippen molar-refractivity contribution in [1.29, 1.82) is 0 Å². The van der Waals surface area contributed by atoms with Crippen LogP contribution < -0.4 is 5.32 Å². The molecule has 0 saturated carbocycles. The second-order valence-electron chi connectivity index (χ2n) is 4.27. The van der Waals surface area contributed by atoms with Gasteiger partial charge in [0, 0.05) is 23.2 Å². The zero-order valence-corrected chi connectivity index (χ0v) is 11.3. The molecule has 3 heteroatoms. The predicted octanol–water partition coefficient (Wildman–Crippen LogP) is 4.06. The third-order valence-electron chi connectivity index (χ3n) is 3.09. The van der Waals surface area contributed by atoms with Gasteiger partial charge in [-0.1, -0.05) is 42.1 Å². The lowest BCUT2D eigenvalue weighted by molar-refractivity contribution is 0.104. The Labute approximate surface area is 116 Å². The lowest BCUT2D eigenvalue weighted by Crippen LogP contribution is -1.95. The van der Waals surface area contributed by atoms with Gasteiger partial charge in [0.15, 0.2) is 0 Å². The Bertz CT molecular complexity index is 676. The average Bonchev–Trinajstić information content (AvgIpc) is 2.77. The number of allylic oxidation sites excluding steroid dienone is 1. The largest absolute Gasteiger partial charge is 0.388 e. The Morgan fingerprint density at radius 2 is 1.79 bits per heavy atom. The molecule has 0 unspecified atom stereocenters. The summed E-state index contributed by atoms with van der Waals surface area (Å²) < 4.78 is 0. The molecule has 0 spiro atoms. The summed E-state index contributed by atoms with van der Waals surface area (Å²) in [7, 11) is 1.88. The lowest BCUT2D eigenvalue weighted by atomic mass is 10.1. The molecular formula is C16H13NOS. The molecule has 0 aliphatic carbocycles. The molecule has 0 radical (unpaired) electrons. The van der Waals surface area contributed by atoms with E-state index in [1.807, 2.05) is 61.7 Å². The first kappa shape index (κ1) is 12.1. The van der Waals surface area contributed by atoms with Crippen LogP contribution in [0, 0.1) is 0 Å².